The first-order valence-corrected chi connectivity index (χ1v) is 8.36. The van der Waals surface area contributed by atoms with E-state index < -0.39 is 10.0 Å². The van der Waals surface area contributed by atoms with Crippen LogP contribution in [0.5, 0.6) is 5.75 Å². The van der Waals surface area contributed by atoms with Gasteiger partial charge in [0.2, 0.25) is 10.0 Å². The van der Waals surface area contributed by atoms with Crippen molar-refractivity contribution in [3.63, 3.8) is 0 Å². The summed E-state index contributed by atoms with van der Waals surface area (Å²) in [5.74, 6) is 0.742. The van der Waals surface area contributed by atoms with Crippen LogP contribution in [0.25, 0.3) is 0 Å². The number of methoxy groups -OCH3 is 1. The SMILES string of the molecule is COc1ccc(N)cc1S(=O)(=O)NCCCOCC(C)C. The highest BCUT2D eigenvalue weighted by Crippen LogP contribution is 2.25. The molecule has 0 aliphatic rings. The minimum Gasteiger partial charge on any atom is -0.495 e. The lowest BCUT2D eigenvalue weighted by Crippen LogP contribution is -2.26. The second-order valence-electron chi connectivity index (χ2n) is 5.13. The van der Waals surface area contributed by atoms with E-state index in [-0.39, 0.29) is 10.6 Å². The van der Waals surface area contributed by atoms with Crippen molar-refractivity contribution < 1.29 is 17.9 Å². The molecule has 0 unspecified atom stereocenters. The molecule has 120 valence electrons. The first kappa shape index (κ1) is 17.7. The summed E-state index contributed by atoms with van der Waals surface area (Å²) in [5, 5.41) is 0. The van der Waals surface area contributed by atoms with Crippen molar-refractivity contribution in [2.75, 3.05) is 32.6 Å². The van der Waals surface area contributed by atoms with Gasteiger partial charge in [-0.1, -0.05) is 13.8 Å². The summed E-state index contributed by atoms with van der Waals surface area (Å²) in [7, 11) is -2.22. The van der Waals surface area contributed by atoms with Crippen LogP contribution >= 0.6 is 0 Å². The van der Waals surface area contributed by atoms with Crippen molar-refractivity contribution in [3.05, 3.63) is 18.2 Å². The number of benzene rings is 1. The van der Waals surface area contributed by atoms with Crippen LogP contribution in [-0.4, -0.2) is 35.3 Å². The molecule has 0 radical (unpaired) electrons. The highest BCUT2D eigenvalue weighted by molar-refractivity contribution is 7.89. The molecule has 21 heavy (non-hydrogen) atoms. The Kier molecular flexibility index (Phi) is 6.94. The molecule has 0 atom stereocenters. The first-order valence-electron chi connectivity index (χ1n) is 6.87. The Labute approximate surface area is 126 Å². The maximum Gasteiger partial charge on any atom is 0.244 e. The topological polar surface area (TPSA) is 90.7 Å². The van der Waals surface area contributed by atoms with Gasteiger partial charge >= 0.3 is 0 Å². The number of nitrogens with one attached hydrogen (secondary N) is 1. The fourth-order valence-corrected chi connectivity index (χ4v) is 2.96. The Morgan fingerprint density at radius 2 is 2.05 bits per heavy atom. The van der Waals surface area contributed by atoms with Crippen LogP contribution in [0.3, 0.4) is 0 Å². The van der Waals surface area contributed by atoms with Crippen LogP contribution < -0.4 is 15.2 Å². The molecule has 1 rings (SSSR count). The van der Waals surface area contributed by atoms with Crippen LogP contribution in [0, 0.1) is 5.92 Å². The highest BCUT2D eigenvalue weighted by Gasteiger charge is 2.19. The van der Waals surface area contributed by atoms with Gasteiger partial charge < -0.3 is 15.2 Å². The lowest BCUT2D eigenvalue weighted by atomic mass is 10.2. The van der Waals surface area contributed by atoms with Crippen molar-refractivity contribution in [1.29, 1.82) is 0 Å². The van der Waals surface area contributed by atoms with Gasteiger partial charge in [0.15, 0.2) is 0 Å². The largest absolute Gasteiger partial charge is 0.495 e. The molecule has 0 bridgehead atoms. The molecule has 1 aromatic carbocycles. The molecule has 0 aromatic heterocycles. The predicted octanol–water partition coefficient (Wildman–Crippen LogP) is 1.62. The quantitative estimate of drug-likeness (QED) is 0.533. The number of sulfonamides is 1. The number of rotatable bonds is 9. The Bertz CT molecular complexity index is 544. The van der Waals surface area contributed by atoms with Gasteiger partial charge in [-0.25, -0.2) is 13.1 Å². The third-order valence-corrected chi connectivity index (χ3v) is 4.17. The van der Waals surface area contributed by atoms with E-state index in [0.717, 1.165) is 0 Å². The van der Waals surface area contributed by atoms with Gasteiger partial charge in [-0.2, -0.15) is 0 Å². The van der Waals surface area contributed by atoms with Crippen LogP contribution in [0.2, 0.25) is 0 Å². The number of ether oxygens (including phenoxy) is 2. The minimum atomic E-state index is -3.64. The molecule has 0 aliphatic heterocycles. The summed E-state index contributed by atoms with van der Waals surface area (Å²) < 4.78 is 37.4. The maximum atomic E-state index is 12.2. The Morgan fingerprint density at radius 3 is 2.67 bits per heavy atom. The molecular formula is C14H24N2O4S. The molecule has 0 spiro atoms. The van der Waals surface area contributed by atoms with Gasteiger partial charge in [-0.15, -0.1) is 0 Å². The van der Waals surface area contributed by atoms with E-state index in [1.54, 1.807) is 6.07 Å². The fraction of sp³-hybridized carbons (Fsp3) is 0.571. The van der Waals surface area contributed by atoms with E-state index in [0.29, 0.717) is 37.8 Å². The third kappa shape index (κ3) is 5.91. The average Bonchev–Trinajstić information content (AvgIpc) is 2.42. The van der Waals surface area contributed by atoms with E-state index >= 15 is 0 Å². The van der Waals surface area contributed by atoms with E-state index in [2.05, 4.69) is 18.6 Å². The van der Waals surface area contributed by atoms with Gasteiger partial charge in [-0.3, -0.25) is 0 Å². The van der Waals surface area contributed by atoms with Crippen molar-refractivity contribution in [1.82, 2.24) is 4.72 Å². The molecule has 3 N–H and O–H groups in total. The molecular weight excluding hydrogens is 292 g/mol. The molecule has 0 aliphatic carbocycles. The molecule has 0 heterocycles. The van der Waals surface area contributed by atoms with Gasteiger partial charge in [0, 0.05) is 25.4 Å². The number of nitrogens with two attached hydrogens (primary N) is 1. The molecule has 7 heteroatoms. The first-order chi connectivity index (χ1) is 9.86. The van der Waals surface area contributed by atoms with Crippen molar-refractivity contribution in [2.45, 2.75) is 25.2 Å². The van der Waals surface area contributed by atoms with E-state index in [9.17, 15) is 8.42 Å². The highest BCUT2D eigenvalue weighted by atomic mass is 32.2. The summed E-state index contributed by atoms with van der Waals surface area (Å²) in [6.45, 7) is 5.63. The van der Waals surface area contributed by atoms with E-state index in [1.807, 2.05) is 0 Å². The summed E-state index contributed by atoms with van der Waals surface area (Å²) in [6.07, 6.45) is 0.608. The fourth-order valence-electron chi connectivity index (χ4n) is 1.68. The van der Waals surface area contributed by atoms with Gasteiger partial charge in [-0.05, 0) is 30.5 Å². The molecule has 0 saturated carbocycles. The lowest BCUT2D eigenvalue weighted by molar-refractivity contribution is 0.108. The molecule has 1 aromatic rings. The average molecular weight is 316 g/mol. The zero-order valence-corrected chi connectivity index (χ0v) is 13.6. The van der Waals surface area contributed by atoms with Crippen LogP contribution in [0.15, 0.2) is 23.1 Å². The predicted molar refractivity (Wildman–Crippen MR) is 82.9 cm³/mol. The summed E-state index contributed by atoms with van der Waals surface area (Å²) in [4.78, 5) is 0.0492. The standard InChI is InChI=1S/C14H24N2O4S/c1-11(2)10-20-8-4-7-16-21(17,18)14-9-12(15)5-6-13(14)19-3/h5-6,9,11,16H,4,7-8,10,15H2,1-3H3. The van der Waals surface area contributed by atoms with Crippen LogP contribution in [-0.2, 0) is 14.8 Å². The second kappa shape index (κ2) is 8.21. The van der Waals surface area contributed by atoms with Crippen molar-refractivity contribution in [3.8, 4) is 5.75 Å². The molecule has 6 nitrogen and oxygen atoms in total. The molecule has 0 amide bonds. The Balaban J connectivity index is 2.56. The van der Waals surface area contributed by atoms with Gasteiger partial charge in [0.05, 0.1) is 7.11 Å². The number of hydrogen-bond donors (Lipinski definition) is 2. The zero-order valence-electron chi connectivity index (χ0n) is 12.8. The number of hydrogen-bond acceptors (Lipinski definition) is 5. The van der Waals surface area contributed by atoms with E-state index in [4.69, 9.17) is 15.2 Å². The van der Waals surface area contributed by atoms with Crippen LogP contribution in [0.4, 0.5) is 5.69 Å². The third-order valence-electron chi connectivity index (χ3n) is 2.69. The lowest BCUT2D eigenvalue weighted by Gasteiger charge is -2.11. The summed E-state index contributed by atoms with van der Waals surface area (Å²) >= 11 is 0. The molecule has 0 saturated heterocycles. The Hall–Kier alpha value is -1.31. The second-order valence-corrected chi connectivity index (χ2v) is 6.87. The van der Waals surface area contributed by atoms with Crippen molar-refractivity contribution >= 4 is 15.7 Å². The molecule has 0 fully saturated rings. The normalized spacial score (nSPS) is 11.8. The maximum absolute atomic E-state index is 12.2. The van der Waals surface area contributed by atoms with Gasteiger partial charge in [0.25, 0.3) is 0 Å². The van der Waals surface area contributed by atoms with Crippen molar-refractivity contribution in [2.24, 2.45) is 5.92 Å². The summed E-state index contributed by atoms with van der Waals surface area (Å²) in [5.41, 5.74) is 6.01. The number of nitrogen functional groups attached to an aromatic ring is 1. The zero-order chi connectivity index (χ0) is 15.9. The Morgan fingerprint density at radius 1 is 1.33 bits per heavy atom. The minimum absolute atomic E-state index is 0.0492. The smallest absolute Gasteiger partial charge is 0.244 e. The van der Waals surface area contributed by atoms with E-state index in [1.165, 1.54) is 19.2 Å². The summed E-state index contributed by atoms with van der Waals surface area (Å²) in [6, 6.07) is 4.52. The van der Waals surface area contributed by atoms with Crippen LogP contribution in [0.1, 0.15) is 20.3 Å². The monoisotopic (exact) mass is 316 g/mol. The van der Waals surface area contributed by atoms with Gasteiger partial charge in [0.1, 0.15) is 10.6 Å². The number of anilines is 1.